The van der Waals surface area contributed by atoms with Gasteiger partial charge in [-0.1, -0.05) is 0 Å². The van der Waals surface area contributed by atoms with Crippen molar-refractivity contribution in [3.8, 4) is 0 Å². The molecule has 1 aliphatic carbocycles. The second-order valence-electron chi connectivity index (χ2n) is 3.77. The first-order valence-corrected chi connectivity index (χ1v) is 5.26. The van der Waals surface area contributed by atoms with E-state index in [4.69, 9.17) is 0 Å². The quantitative estimate of drug-likeness (QED) is 0.608. The third-order valence-electron chi connectivity index (χ3n) is 2.81. The van der Waals surface area contributed by atoms with Crippen LogP contribution in [0.15, 0.2) is 35.7 Å². The number of hydrogen-bond acceptors (Lipinski definition) is 2. The second-order valence-corrected chi connectivity index (χ2v) is 3.77. The highest BCUT2D eigenvalue weighted by atomic mass is 16.5. The highest BCUT2D eigenvalue weighted by Gasteiger charge is 2.14. The van der Waals surface area contributed by atoms with Crippen molar-refractivity contribution in [2.45, 2.75) is 25.7 Å². The third kappa shape index (κ3) is 2.12. The van der Waals surface area contributed by atoms with Gasteiger partial charge in [0.15, 0.2) is 0 Å². The van der Waals surface area contributed by atoms with Gasteiger partial charge in [0.1, 0.15) is 0 Å². The zero-order valence-corrected chi connectivity index (χ0v) is 8.90. The van der Waals surface area contributed by atoms with E-state index in [0.717, 1.165) is 12.8 Å². The summed E-state index contributed by atoms with van der Waals surface area (Å²) < 4.78 is 4.66. The summed E-state index contributed by atoms with van der Waals surface area (Å²) in [6, 6.07) is 0. The molecule has 0 unspecified atom stereocenters. The summed E-state index contributed by atoms with van der Waals surface area (Å²) in [4.78, 5) is 12.8. The molecular weight excluding hydrogens is 190 g/mol. The summed E-state index contributed by atoms with van der Waals surface area (Å²) in [7, 11) is 1.39. The molecule has 1 aliphatic heterocycles. The van der Waals surface area contributed by atoms with Crippen LogP contribution >= 0.6 is 0 Å². The lowest BCUT2D eigenvalue weighted by atomic mass is 9.92. The summed E-state index contributed by atoms with van der Waals surface area (Å²) in [5.74, 6) is 0. The van der Waals surface area contributed by atoms with Crippen molar-refractivity contribution < 1.29 is 9.53 Å². The average Bonchev–Trinajstić information content (AvgIpc) is 2.50. The molecule has 0 radical (unpaired) electrons. The summed E-state index contributed by atoms with van der Waals surface area (Å²) >= 11 is 0. The standard InChI is InChI=1S/C12H15NO2/c1-15-12(14)13-8-6-10-4-2-3-5-11(10)7-9-13/h6-9H,2-5H2,1H3. The minimum atomic E-state index is -0.345. The molecule has 2 rings (SSSR count). The maximum atomic E-state index is 11.3. The van der Waals surface area contributed by atoms with Crippen LogP contribution in [0.1, 0.15) is 25.7 Å². The molecule has 1 amide bonds. The molecule has 2 aliphatic rings. The number of hydrogen-bond donors (Lipinski definition) is 0. The molecule has 0 fully saturated rings. The Morgan fingerprint density at radius 3 is 2.20 bits per heavy atom. The molecule has 0 aromatic carbocycles. The topological polar surface area (TPSA) is 29.5 Å². The van der Waals surface area contributed by atoms with E-state index in [9.17, 15) is 4.79 Å². The Hall–Kier alpha value is -1.51. The van der Waals surface area contributed by atoms with Gasteiger partial charge in [-0.3, -0.25) is 4.90 Å². The van der Waals surface area contributed by atoms with Crippen LogP contribution in [0.25, 0.3) is 0 Å². The minimum Gasteiger partial charge on any atom is -0.452 e. The van der Waals surface area contributed by atoms with Gasteiger partial charge in [-0.05, 0) is 49.0 Å². The third-order valence-corrected chi connectivity index (χ3v) is 2.81. The SMILES string of the molecule is COC(=O)N1C=CC2=C(C=C1)CCCC2. The Labute approximate surface area is 89.7 Å². The Morgan fingerprint density at radius 1 is 1.20 bits per heavy atom. The van der Waals surface area contributed by atoms with Gasteiger partial charge in [-0.15, -0.1) is 0 Å². The molecule has 0 aromatic heterocycles. The number of carbonyl (C=O) groups excluding carboxylic acids is 1. The fourth-order valence-electron chi connectivity index (χ4n) is 1.95. The molecule has 0 atom stereocenters. The van der Waals surface area contributed by atoms with Gasteiger partial charge in [0.25, 0.3) is 0 Å². The maximum Gasteiger partial charge on any atom is 0.417 e. The Kier molecular flexibility index (Phi) is 2.90. The van der Waals surface area contributed by atoms with Crippen LogP contribution in [0.3, 0.4) is 0 Å². The van der Waals surface area contributed by atoms with Crippen molar-refractivity contribution in [2.75, 3.05) is 7.11 Å². The first-order valence-electron chi connectivity index (χ1n) is 5.26. The van der Waals surface area contributed by atoms with E-state index in [2.05, 4.69) is 4.74 Å². The van der Waals surface area contributed by atoms with Crippen LogP contribution in [0.5, 0.6) is 0 Å². The van der Waals surface area contributed by atoms with E-state index in [1.807, 2.05) is 12.2 Å². The van der Waals surface area contributed by atoms with Crippen LogP contribution < -0.4 is 0 Å². The summed E-state index contributed by atoms with van der Waals surface area (Å²) in [5, 5.41) is 0. The molecule has 0 spiro atoms. The van der Waals surface area contributed by atoms with Crippen LogP contribution in [0.2, 0.25) is 0 Å². The predicted molar refractivity (Wildman–Crippen MR) is 58.0 cm³/mol. The van der Waals surface area contributed by atoms with Gasteiger partial charge < -0.3 is 4.74 Å². The first kappa shape index (κ1) is 10.0. The van der Waals surface area contributed by atoms with E-state index < -0.39 is 0 Å². The van der Waals surface area contributed by atoms with E-state index in [1.54, 1.807) is 12.4 Å². The highest BCUT2D eigenvalue weighted by molar-refractivity contribution is 5.70. The predicted octanol–water partition coefficient (Wildman–Crippen LogP) is 2.97. The number of carbonyl (C=O) groups is 1. The normalized spacial score (nSPS) is 19.9. The zero-order valence-electron chi connectivity index (χ0n) is 8.90. The van der Waals surface area contributed by atoms with Gasteiger partial charge in [0, 0.05) is 12.4 Å². The van der Waals surface area contributed by atoms with Gasteiger partial charge in [0.2, 0.25) is 0 Å². The van der Waals surface area contributed by atoms with Crippen LogP contribution in [0, 0.1) is 0 Å². The molecule has 0 saturated carbocycles. The molecule has 1 heterocycles. The lowest BCUT2D eigenvalue weighted by Crippen LogP contribution is -2.19. The van der Waals surface area contributed by atoms with Crippen molar-refractivity contribution >= 4 is 6.09 Å². The van der Waals surface area contributed by atoms with Gasteiger partial charge in [-0.2, -0.15) is 0 Å². The smallest absolute Gasteiger partial charge is 0.417 e. The lowest BCUT2D eigenvalue weighted by molar-refractivity contribution is 0.152. The molecule has 3 nitrogen and oxygen atoms in total. The van der Waals surface area contributed by atoms with Crippen molar-refractivity contribution in [1.29, 1.82) is 0 Å². The molecule has 0 aromatic rings. The number of methoxy groups -OCH3 is 1. The molecule has 0 N–H and O–H groups in total. The van der Waals surface area contributed by atoms with Crippen molar-refractivity contribution in [1.82, 2.24) is 4.90 Å². The number of amides is 1. The fraction of sp³-hybridized carbons (Fsp3) is 0.417. The van der Waals surface area contributed by atoms with Gasteiger partial charge in [0.05, 0.1) is 7.11 Å². The largest absolute Gasteiger partial charge is 0.452 e. The van der Waals surface area contributed by atoms with Crippen molar-refractivity contribution in [2.24, 2.45) is 0 Å². The Morgan fingerprint density at radius 2 is 1.73 bits per heavy atom. The fourth-order valence-corrected chi connectivity index (χ4v) is 1.95. The monoisotopic (exact) mass is 205 g/mol. The zero-order chi connectivity index (χ0) is 10.7. The van der Waals surface area contributed by atoms with Gasteiger partial charge in [-0.25, -0.2) is 4.79 Å². The van der Waals surface area contributed by atoms with Crippen LogP contribution in [-0.2, 0) is 4.74 Å². The maximum absolute atomic E-state index is 11.3. The lowest BCUT2D eigenvalue weighted by Gasteiger charge is -2.13. The van der Waals surface area contributed by atoms with E-state index >= 15 is 0 Å². The summed E-state index contributed by atoms with van der Waals surface area (Å²) in [6.07, 6.45) is 12.0. The molecule has 15 heavy (non-hydrogen) atoms. The molecule has 3 heteroatoms. The van der Waals surface area contributed by atoms with Crippen molar-refractivity contribution in [3.05, 3.63) is 35.7 Å². The van der Waals surface area contributed by atoms with Crippen LogP contribution in [0.4, 0.5) is 4.79 Å². The average molecular weight is 205 g/mol. The minimum absolute atomic E-state index is 0.345. The molecule has 80 valence electrons. The first-order chi connectivity index (χ1) is 7.31. The number of allylic oxidation sites excluding steroid dienone is 4. The Bertz CT molecular complexity index is 327. The molecule has 0 bridgehead atoms. The van der Waals surface area contributed by atoms with E-state index in [-0.39, 0.29) is 6.09 Å². The van der Waals surface area contributed by atoms with Gasteiger partial charge >= 0.3 is 6.09 Å². The number of nitrogens with zero attached hydrogens (tertiary/aromatic N) is 1. The van der Waals surface area contributed by atoms with Crippen LogP contribution in [-0.4, -0.2) is 18.1 Å². The summed E-state index contributed by atoms with van der Waals surface area (Å²) in [5.41, 5.74) is 2.70. The summed E-state index contributed by atoms with van der Waals surface area (Å²) in [6.45, 7) is 0. The highest BCUT2D eigenvalue weighted by Crippen LogP contribution is 2.28. The molecular formula is C12H15NO2. The van der Waals surface area contributed by atoms with E-state index in [0.29, 0.717) is 0 Å². The number of rotatable bonds is 0. The van der Waals surface area contributed by atoms with Crippen molar-refractivity contribution in [3.63, 3.8) is 0 Å². The molecule has 0 saturated heterocycles. The Balaban J connectivity index is 2.19. The number of ether oxygens (including phenoxy) is 1. The second kappa shape index (κ2) is 4.34. The van der Waals surface area contributed by atoms with E-state index in [1.165, 1.54) is 36.0 Å².